The summed E-state index contributed by atoms with van der Waals surface area (Å²) in [4.78, 5) is 35.7. The van der Waals surface area contributed by atoms with Gasteiger partial charge in [0, 0.05) is 35.1 Å². The zero-order valence-electron chi connectivity index (χ0n) is 25.9. The number of aryl methyl sites for hydroxylation is 1. The molecule has 16 heteroatoms. The van der Waals surface area contributed by atoms with Crippen LogP contribution in [0, 0.1) is 17.6 Å². The van der Waals surface area contributed by atoms with Crippen molar-refractivity contribution in [2.24, 2.45) is 5.92 Å². The van der Waals surface area contributed by atoms with E-state index >= 15 is 8.78 Å². The minimum Gasteiger partial charge on any atom is -0.346 e. The summed E-state index contributed by atoms with van der Waals surface area (Å²) >= 11 is 2.74. The number of carbonyl (C=O) groups is 2. The van der Waals surface area contributed by atoms with Crippen molar-refractivity contribution in [3.63, 3.8) is 0 Å². The van der Waals surface area contributed by atoms with E-state index in [0.29, 0.717) is 55.0 Å². The maximum atomic E-state index is 15.2. The van der Waals surface area contributed by atoms with Gasteiger partial charge in [-0.2, -0.15) is 27.1 Å². The molecule has 0 aliphatic heterocycles. The highest BCUT2D eigenvalue weighted by Gasteiger charge is 2.68. The van der Waals surface area contributed by atoms with Crippen LogP contribution in [0.3, 0.4) is 0 Å². The van der Waals surface area contributed by atoms with Crippen molar-refractivity contribution in [2.45, 2.75) is 60.6 Å². The van der Waals surface area contributed by atoms with Crippen molar-refractivity contribution >= 4 is 45.1 Å². The number of benzene rings is 2. The number of rotatable bonds is 8. The molecular weight excluding hydrogens is 708 g/mol. The number of halogens is 7. The zero-order valence-corrected chi connectivity index (χ0v) is 27.5. The molecule has 8 rings (SSSR count). The SMILES string of the molecule is CSc1nc2nc([C@H](Cc3cc(F)cc(F)c3)NC(=O)Cn3nc(C(F)(F)F)c4c3C(F)(F)[C@@H]3C[C@H]43)c(-c3ccc4c(c3)C(=O)CC4)cc2s1. The lowest BCUT2D eigenvalue weighted by Crippen LogP contribution is -2.35. The summed E-state index contributed by atoms with van der Waals surface area (Å²) in [6.07, 6.45) is -2.60. The van der Waals surface area contributed by atoms with Gasteiger partial charge in [-0.3, -0.25) is 14.3 Å². The average molecular weight is 732 g/mol. The number of thioether (sulfide) groups is 1. The Morgan fingerprint density at radius 1 is 1.08 bits per heavy atom. The van der Waals surface area contributed by atoms with E-state index in [9.17, 15) is 31.5 Å². The number of ketones is 1. The van der Waals surface area contributed by atoms with Gasteiger partial charge in [0.1, 0.15) is 23.9 Å². The number of pyridine rings is 1. The van der Waals surface area contributed by atoms with Crippen LogP contribution in [-0.4, -0.2) is 37.7 Å². The number of fused-ring (bicyclic) bond motifs is 5. The van der Waals surface area contributed by atoms with Gasteiger partial charge >= 0.3 is 6.18 Å². The average Bonchev–Trinajstić information content (AvgIpc) is 3.29. The standard InChI is InChI=1S/C34H24F7N5O2S2/c1-49-32-44-31-25(50-32)12-20(16-3-2-15-4-5-24(47)19(15)9-16)28(43-31)23(8-14-6-17(35)10-18(36)7-14)42-26(48)13-46-30-27(29(45-46)34(39,40)41)21-11-22(21)33(30,37)38/h2-3,6-7,9-10,12,21-23H,4-5,8,11,13H2,1H3,(H,42,48)/t21-,22+,23-/m0/s1. The van der Waals surface area contributed by atoms with E-state index in [1.807, 2.05) is 12.3 Å². The summed E-state index contributed by atoms with van der Waals surface area (Å²) in [5.41, 5.74) is 0.0739. The highest BCUT2D eigenvalue weighted by atomic mass is 32.2. The number of nitrogens with zero attached hydrogens (tertiary/aromatic N) is 4. The first-order valence-corrected chi connectivity index (χ1v) is 17.6. The molecule has 3 aliphatic carbocycles. The quantitative estimate of drug-likeness (QED) is 0.129. The van der Waals surface area contributed by atoms with Crippen LogP contribution in [0.5, 0.6) is 0 Å². The predicted octanol–water partition coefficient (Wildman–Crippen LogP) is 8.01. The fourth-order valence-corrected chi connectivity index (χ4v) is 8.66. The summed E-state index contributed by atoms with van der Waals surface area (Å²) in [6, 6.07) is 8.72. The van der Waals surface area contributed by atoms with E-state index in [1.165, 1.54) is 23.1 Å². The van der Waals surface area contributed by atoms with Gasteiger partial charge in [-0.15, -0.1) is 11.3 Å². The highest BCUT2D eigenvalue weighted by Crippen LogP contribution is 2.68. The lowest BCUT2D eigenvalue weighted by atomic mass is 9.93. The minimum atomic E-state index is -5.02. The number of hydrogen-bond acceptors (Lipinski definition) is 7. The molecule has 0 spiro atoms. The van der Waals surface area contributed by atoms with Gasteiger partial charge in [0.25, 0.3) is 5.92 Å². The highest BCUT2D eigenvalue weighted by molar-refractivity contribution is 8.00. The van der Waals surface area contributed by atoms with E-state index in [2.05, 4.69) is 15.4 Å². The third-order valence-corrected chi connectivity index (χ3v) is 11.4. The molecule has 1 N–H and O–H groups in total. The first-order chi connectivity index (χ1) is 23.7. The van der Waals surface area contributed by atoms with Crippen molar-refractivity contribution in [3.8, 4) is 11.1 Å². The number of Topliss-reactive ketones (excluding diaryl/α,β-unsaturated/α-hetero) is 1. The van der Waals surface area contributed by atoms with Crippen LogP contribution in [0.15, 0.2) is 46.8 Å². The third kappa shape index (κ3) is 5.56. The smallest absolute Gasteiger partial charge is 0.346 e. The molecule has 1 fully saturated rings. The Balaban J connectivity index is 1.23. The Kier molecular flexibility index (Phi) is 7.64. The first kappa shape index (κ1) is 32.9. The molecule has 0 unspecified atom stereocenters. The van der Waals surface area contributed by atoms with Crippen molar-refractivity contribution in [3.05, 3.63) is 93.4 Å². The number of nitrogens with one attached hydrogen (secondary N) is 1. The van der Waals surface area contributed by atoms with Gasteiger partial charge in [-0.05, 0) is 72.4 Å². The van der Waals surface area contributed by atoms with E-state index in [1.54, 1.807) is 18.2 Å². The second-order valence-corrected chi connectivity index (χ2v) is 14.7. The largest absolute Gasteiger partial charge is 0.435 e. The summed E-state index contributed by atoms with van der Waals surface area (Å²) in [7, 11) is 0. The van der Waals surface area contributed by atoms with E-state index in [-0.39, 0.29) is 29.9 Å². The molecule has 3 atom stereocenters. The number of hydrogen-bond donors (Lipinski definition) is 1. The maximum Gasteiger partial charge on any atom is 0.435 e. The molecule has 3 aromatic heterocycles. The van der Waals surface area contributed by atoms with Gasteiger partial charge < -0.3 is 5.32 Å². The lowest BCUT2D eigenvalue weighted by Gasteiger charge is -2.23. The number of carbonyl (C=O) groups excluding carboxylic acids is 2. The number of thiazole rings is 1. The van der Waals surface area contributed by atoms with E-state index < -0.39 is 71.0 Å². The molecule has 0 radical (unpaired) electrons. The molecule has 2 aromatic carbocycles. The van der Waals surface area contributed by atoms with E-state index in [4.69, 9.17) is 4.98 Å². The summed E-state index contributed by atoms with van der Waals surface area (Å²) in [6.45, 7) is -0.986. The van der Waals surface area contributed by atoms with Crippen LogP contribution in [0.4, 0.5) is 30.7 Å². The van der Waals surface area contributed by atoms with Crippen LogP contribution in [-0.2, 0) is 36.3 Å². The molecular formula is C34H24F7N5O2S2. The molecule has 0 saturated heterocycles. The third-order valence-electron chi connectivity index (χ3n) is 9.43. The lowest BCUT2D eigenvalue weighted by molar-refractivity contribution is -0.142. The van der Waals surface area contributed by atoms with E-state index in [0.717, 1.165) is 17.7 Å². The van der Waals surface area contributed by atoms with Crippen LogP contribution >= 0.6 is 23.1 Å². The zero-order chi connectivity index (χ0) is 35.3. The fraction of sp³-hybridized carbons (Fsp3) is 0.324. The minimum absolute atomic E-state index is 0.0422. The Labute approximate surface area is 287 Å². The molecule has 1 saturated carbocycles. The second-order valence-electron chi connectivity index (χ2n) is 12.7. The normalized spacial score (nSPS) is 19.4. The Hall–Kier alpha value is -4.31. The van der Waals surface area contributed by atoms with Crippen LogP contribution in [0.2, 0.25) is 0 Å². The number of alkyl halides is 5. The number of aromatic nitrogens is 4. The molecule has 1 amide bonds. The van der Waals surface area contributed by atoms with Gasteiger partial charge in [0.2, 0.25) is 5.91 Å². The molecule has 3 aliphatic rings. The van der Waals surface area contributed by atoms with Crippen molar-refractivity contribution in [1.29, 1.82) is 0 Å². The van der Waals surface area contributed by atoms with Crippen molar-refractivity contribution in [1.82, 2.24) is 25.1 Å². The van der Waals surface area contributed by atoms with Gasteiger partial charge in [0.15, 0.2) is 21.5 Å². The fourth-order valence-electron chi connectivity index (χ4n) is 7.20. The molecule has 7 nitrogen and oxygen atoms in total. The number of amides is 1. The van der Waals surface area contributed by atoms with Gasteiger partial charge in [0.05, 0.1) is 16.4 Å². The van der Waals surface area contributed by atoms with Gasteiger partial charge in [-0.25, -0.2) is 18.7 Å². The molecule has 5 aromatic rings. The van der Waals surface area contributed by atoms with Crippen molar-refractivity contribution < 1.29 is 40.3 Å². The molecule has 0 bridgehead atoms. The Morgan fingerprint density at radius 3 is 2.56 bits per heavy atom. The van der Waals surface area contributed by atoms with Crippen LogP contribution in [0.25, 0.3) is 21.5 Å². The monoisotopic (exact) mass is 731 g/mol. The summed E-state index contributed by atoms with van der Waals surface area (Å²) < 4.78 is 103. The van der Waals surface area contributed by atoms with Crippen LogP contribution < -0.4 is 5.32 Å². The Morgan fingerprint density at radius 2 is 1.84 bits per heavy atom. The molecule has 258 valence electrons. The summed E-state index contributed by atoms with van der Waals surface area (Å²) in [5.74, 6) is -8.69. The van der Waals surface area contributed by atoms with Crippen molar-refractivity contribution in [2.75, 3.05) is 6.26 Å². The van der Waals surface area contributed by atoms with Crippen LogP contribution in [0.1, 0.15) is 68.9 Å². The molecule has 50 heavy (non-hydrogen) atoms. The second kappa shape index (κ2) is 11.6. The van der Waals surface area contributed by atoms with Gasteiger partial charge in [-0.1, -0.05) is 23.9 Å². The topological polar surface area (TPSA) is 89.8 Å². The predicted molar refractivity (Wildman–Crippen MR) is 170 cm³/mol. The molecule has 3 heterocycles. The first-order valence-electron chi connectivity index (χ1n) is 15.5. The maximum absolute atomic E-state index is 15.2. The summed E-state index contributed by atoms with van der Waals surface area (Å²) in [5, 5.41) is 6.14. The Bertz CT molecular complexity index is 2230.